The highest BCUT2D eigenvalue weighted by Crippen LogP contribution is 2.48. The van der Waals surface area contributed by atoms with Crippen molar-refractivity contribution in [3.8, 4) is 0 Å². The predicted molar refractivity (Wildman–Crippen MR) is 60.2 cm³/mol. The SMILES string of the molecule is CC12C(=O)C3C=CC=C1C=CC=CC2=C3. The smallest absolute Gasteiger partial charge is 0.158 e. The molecule has 0 saturated heterocycles. The highest BCUT2D eigenvalue weighted by Gasteiger charge is 2.46. The summed E-state index contributed by atoms with van der Waals surface area (Å²) in [6, 6.07) is 0. The van der Waals surface area contributed by atoms with E-state index in [-0.39, 0.29) is 5.92 Å². The summed E-state index contributed by atoms with van der Waals surface area (Å²) in [6.07, 6.45) is 16.2. The maximum Gasteiger partial charge on any atom is 0.158 e. The maximum atomic E-state index is 12.3. The minimum absolute atomic E-state index is 0.0325. The molecule has 0 heterocycles. The predicted octanol–water partition coefficient (Wildman–Crippen LogP) is 2.74. The number of rotatable bonds is 0. The molecule has 3 aliphatic carbocycles. The summed E-state index contributed by atoms with van der Waals surface area (Å²) < 4.78 is 0. The normalized spacial score (nSPS) is 36.1. The van der Waals surface area contributed by atoms with Crippen molar-refractivity contribution >= 4 is 5.78 Å². The molecule has 0 aliphatic heterocycles. The van der Waals surface area contributed by atoms with Crippen LogP contribution in [0.3, 0.4) is 0 Å². The van der Waals surface area contributed by atoms with Gasteiger partial charge >= 0.3 is 0 Å². The molecule has 3 aliphatic rings. The van der Waals surface area contributed by atoms with E-state index in [4.69, 9.17) is 0 Å². The number of carbonyl (C=O) groups is 1. The molecule has 0 saturated carbocycles. The van der Waals surface area contributed by atoms with Crippen molar-refractivity contribution in [2.24, 2.45) is 11.3 Å². The number of allylic oxidation sites excluding steroid dienone is 10. The van der Waals surface area contributed by atoms with E-state index in [0.29, 0.717) is 5.78 Å². The molecule has 2 atom stereocenters. The van der Waals surface area contributed by atoms with Gasteiger partial charge in [-0.15, -0.1) is 0 Å². The van der Waals surface area contributed by atoms with Crippen LogP contribution in [0.15, 0.2) is 59.8 Å². The highest BCUT2D eigenvalue weighted by atomic mass is 16.1. The molecule has 1 nitrogen and oxygen atoms in total. The molecule has 3 rings (SSSR count). The molecule has 0 aromatic heterocycles. The third-order valence-corrected chi connectivity index (χ3v) is 3.57. The summed E-state index contributed by atoms with van der Waals surface area (Å²) >= 11 is 0. The van der Waals surface area contributed by atoms with E-state index in [1.807, 2.05) is 37.3 Å². The van der Waals surface area contributed by atoms with Crippen LogP contribution >= 0.6 is 0 Å². The summed E-state index contributed by atoms with van der Waals surface area (Å²) in [5.41, 5.74) is 1.82. The van der Waals surface area contributed by atoms with Crippen molar-refractivity contribution in [1.29, 1.82) is 0 Å². The van der Waals surface area contributed by atoms with Crippen LogP contribution in [0.2, 0.25) is 0 Å². The fourth-order valence-electron chi connectivity index (χ4n) is 2.57. The quantitative estimate of drug-likeness (QED) is 0.582. The van der Waals surface area contributed by atoms with Crippen LogP contribution in [0.4, 0.5) is 0 Å². The molecule has 0 N–H and O–H groups in total. The minimum atomic E-state index is -0.419. The van der Waals surface area contributed by atoms with Crippen LogP contribution in [0, 0.1) is 11.3 Å². The molecule has 0 aromatic carbocycles. The molecule has 0 aromatic rings. The Hall–Kier alpha value is -1.63. The van der Waals surface area contributed by atoms with E-state index in [1.54, 1.807) is 0 Å². The molecule has 2 unspecified atom stereocenters. The van der Waals surface area contributed by atoms with Gasteiger partial charge in [0.15, 0.2) is 5.78 Å². The van der Waals surface area contributed by atoms with Crippen LogP contribution in [-0.2, 0) is 4.79 Å². The van der Waals surface area contributed by atoms with Gasteiger partial charge in [0.05, 0.1) is 11.3 Å². The number of hydrogen-bond donors (Lipinski definition) is 0. The second kappa shape index (κ2) is 2.69. The number of fused-ring (bicyclic) bond motifs is 1. The summed E-state index contributed by atoms with van der Waals surface area (Å²) in [5.74, 6) is 0.267. The van der Waals surface area contributed by atoms with Crippen molar-refractivity contribution in [3.63, 3.8) is 0 Å². The molecule has 0 spiro atoms. The molecular weight excluding hydrogens is 184 g/mol. The van der Waals surface area contributed by atoms with Crippen LogP contribution in [-0.4, -0.2) is 5.78 Å². The van der Waals surface area contributed by atoms with Crippen LogP contribution < -0.4 is 0 Å². The lowest BCUT2D eigenvalue weighted by molar-refractivity contribution is -0.124. The third kappa shape index (κ3) is 0.953. The van der Waals surface area contributed by atoms with Crippen molar-refractivity contribution in [2.75, 3.05) is 0 Å². The van der Waals surface area contributed by atoms with Gasteiger partial charge in [0, 0.05) is 0 Å². The van der Waals surface area contributed by atoms with E-state index < -0.39 is 5.41 Å². The third-order valence-electron chi connectivity index (χ3n) is 3.57. The zero-order valence-electron chi connectivity index (χ0n) is 8.60. The fraction of sp³-hybridized carbons (Fsp3) is 0.214. The molecule has 15 heavy (non-hydrogen) atoms. The van der Waals surface area contributed by atoms with Gasteiger partial charge in [-0.25, -0.2) is 0 Å². The summed E-state index contributed by atoms with van der Waals surface area (Å²) in [7, 11) is 0. The molecule has 2 bridgehead atoms. The van der Waals surface area contributed by atoms with Crippen molar-refractivity contribution in [3.05, 3.63) is 59.8 Å². The minimum Gasteiger partial charge on any atom is -0.297 e. The second-order valence-corrected chi connectivity index (χ2v) is 4.36. The number of carbonyl (C=O) groups excluding carboxylic acids is 1. The Morgan fingerprint density at radius 2 is 1.87 bits per heavy atom. The summed E-state index contributed by atoms with van der Waals surface area (Å²) in [6.45, 7) is 2.03. The first-order chi connectivity index (χ1) is 7.23. The molecule has 0 amide bonds. The lowest BCUT2D eigenvalue weighted by Gasteiger charge is -2.25. The first-order valence-corrected chi connectivity index (χ1v) is 5.23. The van der Waals surface area contributed by atoms with Gasteiger partial charge in [-0.1, -0.05) is 48.6 Å². The number of hydrogen-bond acceptors (Lipinski definition) is 1. The van der Waals surface area contributed by atoms with E-state index in [1.165, 1.54) is 0 Å². The highest BCUT2D eigenvalue weighted by molar-refractivity contribution is 6.00. The number of ketones is 1. The van der Waals surface area contributed by atoms with Gasteiger partial charge < -0.3 is 0 Å². The number of Topliss-reactive ketones (excluding diaryl/α,β-unsaturated/α-hetero) is 1. The lowest BCUT2D eigenvalue weighted by atomic mass is 9.75. The van der Waals surface area contributed by atoms with E-state index in [0.717, 1.165) is 11.1 Å². The van der Waals surface area contributed by atoms with Crippen molar-refractivity contribution in [2.45, 2.75) is 6.92 Å². The first kappa shape index (κ1) is 8.66. The molecular formula is C14H12O. The van der Waals surface area contributed by atoms with Crippen LogP contribution in [0.25, 0.3) is 0 Å². The standard InChI is InChI=1S/C14H12O/c1-14-11-6-2-3-7-12(14)9-10(13(14)15)5-4-8-11/h2-10H,1H3. The lowest BCUT2D eigenvalue weighted by Crippen LogP contribution is -2.28. The molecule has 0 radical (unpaired) electrons. The average Bonchev–Trinajstić information content (AvgIpc) is 2.40. The summed E-state index contributed by atoms with van der Waals surface area (Å²) in [4.78, 5) is 12.3. The first-order valence-electron chi connectivity index (χ1n) is 5.23. The Labute approximate surface area is 89.2 Å². The second-order valence-electron chi connectivity index (χ2n) is 4.36. The van der Waals surface area contributed by atoms with Gasteiger partial charge in [-0.2, -0.15) is 0 Å². The average molecular weight is 196 g/mol. The summed E-state index contributed by atoms with van der Waals surface area (Å²) in [5, 5.41) is 0. The zero-order chi connectivity index (χ0) is 10.5. The van der Waals surface area contributed by atoms with Gasteiger partial charge in [0.25, 0.3) is 0 Å². The fourth-order valence-corrected chi connectivity index (χ4v) is 2.57. The van der Waals surface area contributed by atoms with Gasteiger partial charge in [-0.05, 0) is 18.1 Å². The molecule has 74 valence electrons. The van der Waals surface area contributed by atoms with E-state index in [2.05, 4.69) is 18.2 Å². The van der Waals surface area contributed by atoms with Gasteiger partial charge in [-0.3, -0.25) is 4.79 Å². The Bertz CT molecular complexity index is 485. The van der Waals surface area contributed by atoms with Crippen molar-refractivity contribution in [1.82, 2.24) is 0 Å². The monoisotopic (exact) mass is 196 g/mol. The van der Waals surface area contributed by atoms with Crippen molar-refractivity contribution < 1.29 is 4.79 Å². The zero-order valence-corrected chi connectivity index (χ0v) is 8.60. The molecule has 1 heteroatoms. The van der Waals surface area contributed by atoms with E-state index >= 15 is 0 Å². The van der Waals surface area contributed by atoms with Gasteiger partial charge in [0.1, 0.15) is 0 Å². The van der Waals surface area contributed by atoms with E-state index in [9.17, 15) is 4.79 Å². The van der Waals surface area contributed by atoms with Gasteiger partial charge in [0.2, 0.25) is 0 Å². The Morgan fingerprint density at radius 3 is 2.67 bits per heavy atom. The topological polar surface area (TPSA) is 17.1 Å². The van der Waals surface area contributed by atoms with Crippen LogP contribution in [0.5, 0.6) is 0 Å². The van der Waals surface area contributed by atoms with Crippen LogP contribution in [0.1, 0.15) is 6.92 Å². The Balaban J connectivity index is 2.33. The molecule has 0 fully saturated rings. The largest absolute Gasteiger partial charge is 0.297 e. The Kier molecular flexibility index (Phi) is 1.55. The Morgan fingerprint density at radius 1 is 1.13 bits per heavy atom. The maximum absolute atomic E-state index is 12.3.